The van der Waals surface area contributed by atoms with Crippen LogP contribution in [0.3, 0.4) is 0 Å². The second-order valence-corrected chi connectivity index (χ2v) is 3.89. The number of nitrogens with zero attached hydrogens (tertiary/aromatic N) is 2. The zero-order valence-electron chi connectivity index (χ0n) is 10.7. The maximum absolute atomic E-state index is 11.9. The first-order valence-corrected chi connectivity index (χ1v) is 5.58. The Hall–Kier alpha value is -3.17. The molecule has 1 aliphatic heterocycles. The lowest BCUT2D eigenvalue weighted by Gasteiger charge is -2.08. The summed E-state index contributed by atoms with van der Waals surface area (Å²) in [5.74, 6) is -1.99. The van der Waals surface area contributed by atoms with Crippen molar-refractivity contribution in [3.8, 4) is 0 Å². The molecule has 0 saturated carbocycles. The highest BCUT2D eigenvalue weighted by molar-refractivity contribution is 6.15. The fraction of sp³-hybridized carbons (Fsp3) is 0.182. The van der Waals surface area contributed by atoms with Crippen molar-refractivity contribution < 1.29 is 28.5 Å². The molecule has 1 aliphatic rings. The number of carbonyl (C=O) groups is 3. The van der Waals surface area contributed by atoms with Crippen LogP contribution in [0.5, 0.6) is 0 Å². The van der Waals surface area contributed by atoms with Crippen LogP contribution in [0.25, 0.3) is 6.08 Å². The number of imide groups is 1. The number of carbonyl (C=O) groups excluding carboxylic acids is 3. The third-order valence-electron chi connectivity index (χ3n) is 2.56. The summed E-state index contributed by atoms with van der Waals surface area (Å²) in [6.07, 6.45) is 1.13. The molecule has 1 N–H and O–H groups in total. The van der Waals surface area contributed by atoms with Gasteiger partial charge < -0.3 is 14.5 Å². The number of ether oxygens (including phenoxy) is 1. The quantitative estimate of drug-likeness (QED) is 0.277. The van der Waals surface area contributed by atoms with Crippen LogP contribution in [0.4, 0.5) is 10.7 Å². The van der Waals surface area contributed by atoms with Gasteiger partial charge in [-0.2, -0.15) is 0 Å². The van der Waals surface area contributed by atoms with Crippen molar-refractivity contribution >= 4 is 29.9 Å². The Kier molecular flexibility index (Phi) is 3.69. The van der Waals surface area contributed by atoms with Gasteiger partial charge in [-0.15, -0.1) is 0 Å². The molecule has 10 nitrogen and oxygen atoms in total. The van der Waals surface area contributed by atoms with E-state index in [1.165, 1.54) is 6.07 Å². The van der Waals surface area contributed by atoms with E-state index in [2.05, 4.69) is 10.1 Å². The Morgan fingerprint density at radius 3 is 2.81 bits per heavy atom. The molecular formula is C11H9N3O7. The topological polar surface area (TPSA) is 132 Å². The number of amides is 3. The van der Waals surface area contributed by atoms with E-state index < -0.39 is 35.3 Å². The largest absolute Gasteiger partial charge is 0.468 e. The predicted molar refractivity (Wildman–Crippen MR) is 65.6 cm³/mol. The molecule has 3 amide bonds. The van der Waals surface area contributed by atoms with E-state index in [0.29, 0.717) is 4.90 Å². The van der Waals surface area contributed by atoms with Crippen LogP contribution in [0.15, 0.2) is 22.2 Å². The minimum Gasteiger partial charge on any atom is -0.468 e. The third-order valence-corrected chi connectivity index (χ3v) is 2.56. The highest BCUT2D eigenvalue weighted by atomic mass is 16.6. The molecule has 21 heavy (non-hydrogen) atoms. The van der Waals surface area contributed by atoms with Crippen molar-refractivity contribution in [2.75, 3.05) is 13.7 Å². The molecule has 1 fully saturated rings. The molecule has 0 bridgehead atoms. The van der Waals surface area contributed by atoms with Gasteiger partial charge in [0.15, 0.2) is 0 Å². The minimum absolute atomic E-state index is 0.0188. The van der Waals surface area contributed by atoms with Crippen LogP contribution in [0.2, 0.25) is 0 Å². The van der Waals surface area contributed by atoms with Crippen LogP contribution in [-0.2, 0) is 14.3 Å². The number of esters is 1. The van der Waals surface area contributed by atoms with E-state index in [9.17, 15) is 24.5 Å². The summed E-state index contributed by atoms with van der Waals surface area (Å²) < 4.78 is 9.21. The Bertz CT molecular complexity index is 661. The Balaban J connectivity index is 2.19. The van der Waals surface area contributed by atoms with E-state index in [0.717, 1.165) is 19.3 Å². The van der Waals surface area contributed by atoms with Gasteiger partial charge >= 0.3 is 17.9 Å². The van der Waals surface area contributed by atoms with Crippen LogP contribution in [0.1, 0.15) is 5.76 Å². The van der Waals surface area contributed by atoms with Crippen LogP contribution in [-0.4, -0.2) is 41.4 Å². The molecule has 1 aromatic heterocycles. The van der Waals surface area contributed by atoms with Crippen LogP contribution >= 0.6 is 0 Å². The summed E-state index contributed by atoms with van der Waals surface area (Å²) in [7, 11) is 1.12. The lowest BCUT2D eigenvalue weighted by atomic mass is 10.3. The van der Waals surface area contributed by atoms with Gasteiger partial charge in [0.2, 0.25) is 0 Å². The summed E-state index contributed by atoms with van der Waals surface area (Å²) in [5.41, 5.74) is -0.159. The first kappa shape index (κ1) is 14.2. The first-order valence-electron chi connectivity index (χ1n) is 5.58. The molecular weight excluding hydrogens is 286 g/mol. The SMILES string of the molecule is COC(=O)CN1C(=O)NC(=Cc2ccc([N+](=O)[O-])o2)C1=O. The smallest absolute Gasteiger partial charge is 0.433 e. The molecule has 0 radical (unpaired) electrons. The van der Waals surface area contributed by atoms with Crippen molar-refractivity contribution in [3.05, 3.63) is 33.7 Å². The average Bonchev–Trinajstić information content (AvgIpc) is 3.00. The first-order chi connectivity index (χ1) is 9.92. The molecule has 1 saturated heterocycles. The minimum atomic E-state index is -0.794. The van der Waals surface area contributed by atoms with Gasteiger partial charge in [-0.1, -0.05) is 0 Å². The molecule has 0 aromatic carbocycles. The monoisotopic (exact) mass is 295 g/mol. The molecule has 10 heteroatoms. The number of methoxy groups -OCH3 is 1. The fourth-order valence-electron chi connectivity index (χ4n) is 1.57. The lowest BCUT2D eigenvalue weighted by Crippen LogP contribution is -2.36. The number of urea groups is 1. The lowest BCUT2D eigenvalue weighted by molar-refractivity contribution is -0.402. The fourth-order valence-corrected chi connectivity index (χ4v) is 1.57. The van der Waals surface area contributed by atoms with Crippen molar-refractivity contribution in [2.24, 2.45) is 0 Å². The van der Waals surface area contributed by atoms with Crippen LogP contribution in [0, 0.1) is 10.1 Å². The van der Waals surface area contributed by atoms with E-state index >= 15 is 0 Å². The molecule has 110 valence electrons. The van der Waals surface area contributed by atoms with Crippen molar-refractivity contribution in [1.82, 2.24) is 10.2 Å². The van der Waals surface area contributed by atoms with Gasteiger partial charge in [0.1, 0.15) is 22.9 Å². The molecule has 0 aliphatic carbocycles. The highest BCUT2D eigenvalue weighted by Crippen LogP contribution is 2.19. The standard InChI is InChI=1S/C11H9N3O7/c1-20-9(15)5-13-10(16)7(12-11(13)17)4-6-2-3-8(21-6)14(18)19/h2-4H,5H2,1H3,(H,12,17). The average molecular weight is 295 g/mol. The maximum Gasteiger partial charge on any atom is 0.433 e. The highest BCUT2D eigenvalue weighted by Gasteiger charge is 2.35. The van der Waals surface area contributed by atoms with Crippen LogP contribution < -0.4 is 5.32 Å². The van der Waals surface area contributed by atoms with Gasteiger partial charge in [-0.3, -0.25) is 19.7 Å². The third kappa shape index (κ3) is 2.88. The summed E-state index contributed by atoms with van der Waals surface area (Å²) in [6.45, 7) is -0.531. The molecule has 1 aromatic rings. The number of hydrogen-bond donors (Lipinski definition) is 1. The second-order valence-electron chi connectivity index (χ2n) is 3.89. The predicted octanol–water partition coefficient (Wildman–Crippen LogP) is 0.253. The van der Waals surface area contributed by atoms with E-state index in [1.54, 1.807) is 0 Å². The normalized spacial score (nSPS) is 16.2. The Labute approximate surface area is 117 Å². The van der Waals surface area contributed by atoms with E-state index in [1.807, 2.05) is 0 Å². The zero-order chi connectivity index (χ0) is 15.6. The van der Waals surface area contributed by atoms with Gasteiger partial charge in [0.25, 0.3) is 5.91 Å². The summed E-state index contributed by atoms with van der Waals surface area (Å²) in [4.78, 5) is 44.9. The van der Waals surface area contributed by atoms with E-state index in [4.69, 9.17) is 4.42 Å². The molecule has 0 atom stereocenters. The van der Waals surface area contributed by atoms with Crippen molar-refractivity contribution in [2.45, 2.75) is 0 Å². The number of hydrogen-bond acceptors (Lipinski definition) is 7. The zero-order valence-corrected chi connectivity index (χ0v) is 10.7. The summed E-state index contributed by atoms with van der Waals surface area (Å²) in [5, 5.41) is 12.7. The molecule has 0 unspecified atom stereocenters. The van der Waals surface area contributed by atoms with Crippen molar-refractivity contribution in [1.29, 1.82) is 0 Å². The van der Waals surface area contributed by atoms with Crippen molar-refractivity contribution in [3.63, 3.8) is 0 Å². The number of furan rings is 1. The molecule has 0 spiro atoms. The molecule has 2 rings (SSSR count). The Morgan fingerprint density at radius 2 is 2.24 bits per heavy atom. The maximum atomic E-state index is 11.9. The van der Waals surface area contributed by atoms with Gasteiger partial charge in [-0.05, 0) is 6.07 Å². The molecule has 2 heterocycles. The number of nitrogens with one attached hydrogen (secondary N) is 1. The number of rotatable bonds is 4. The van der Waals surface area contributed by atoms with Gasteiger partial charge in [-0.25, -0.2) is 9.69 Å². The summed E-state index contributed by atoms with van der Waals surface area (Å²) >= 11 is 0. The Morgan fingerprint density at radius 1 is 1.52 bits per heavy atom. The second kappa shape index (κ2) is 5.45. The van der Waals surface area contributed by atoms with Gasteiger partial charge in [0, 0.05) is 6.08 Å². The van der Waals surface area contributed by atoms with Gasteiger partial charge in [0.05, 0.1) is 13.2 Å². The number of nitro groups is 1. The van der Waals surface area contributed by atoms with E-state index in [-0.39, 0.29) is 11.5 Å². The summed E-state index contributed by atoms with van der Waals surface area (Å²) in [6, 6.07) is 1.59.